The Labute approximate surface area is 192 Å². The summed E-state index contributed by atoms with van der Waals surface area (Å²) in [6.45, 7) is 1.44. The van der Waals surface area contributed by atoms with Crippen LogP contribution in [0.2, 0.25) is 0 Å². The molecule has 2 aromatic heterocycles. The summed E-state index contributed by atoms with van der Waals surface area (Å²) in [4.78, 5) is 38.8. The highest BCUT2D eigenvalue weighted by atomic mass is 19.4. The fraction of sp³-hybridized carbons (Fsp3) is 0.409. The van der Waals surface area contributed by atoms with Crippen molar-refractivity contribution in [1.29, 1.82) is 0 Å². The van der Waals surface area contributed by atoms with Crippen LogP contribution in [0.25, 0.3) is 11.2 Å². The molecular formula is C22H23F3N6O3. The standard InChI is InChI=1S/C22H23F3N6O3/c23-22(24,25)16-4-2-14(3-5-16)20(32)30-9-6-15(7-10-30)21(33)34-11-1-8-31-13-29-17-18(26)27-12-28-19(17)31/h2-5,12-13,15H,1,6-11H2,(H2,26,27,28). The highest BCUT2D eigenvalue weighted by Gasteiger charge is 2.31. The van der Waals surface area contributed by atoms with Crippen LogP contribution in [0.1, 0.15) is 35.2 Å². The molecule has 1 aliphatic rings. The lowest BCUT2D eigenvalue weighted by Crippen LogP contribution is -2.40. The third-order valence-electron chi connectivity index (χ3n) is 5.79. The van der Waals surface area contributed by atoms with Gasteiger partial charge < -0.3 is 19.9 Å². The van der Waals surface area contributed by atoms with Gasteiger partial charge in [0.1, 0.15) is 11.8 Å². The van der Waals surface area contributed by atoms with Crippen LogP contribution in [0.5, 0.6) is 0 Å². The number of hydrogen-bond donors (Lipinski definition) is 1. The number of nitrogens with two attached hydrogens (primary N) is 1. The third-order valence-corrected chi connectivity index (χ3v) is 5.79. The number of anilines is 1. The van der Waals surface area contributed by atoms with E-state index < -0.39 is 11.7 Å². The van der Waals surface area contributed by atoms with Crippen LogP contribution in [0.15, 0.2) is 36.9 Å². The molecule has 34 heavy (non-hydrogen) atoms. The number of nitrogens with zero attached hydrogens (tertiary/aromatic N) is 5. The molecule has 3 aromatic rings. The van der Waals surface area contributed by atoms with E-state index in [0.717, 1.165) is 12.1 Å². The van der Waals surface area contributed by atoms with E-state index >= 15 is 0 Å². The molecule has 9 nitrogen and oxygen atoms in total. The number of halogens is 3. The number of alkyl halides is 3. The number of aryl methyl sites for hydroxylation is 1. The van der Waals surface area contributed by atoms with Gasteiger partial charge >= 0.3 is 12.1 Å². The third kappa shape index (κ3) is 5.10. The first-order valence-electron chi connectivity index (χ1n) is 10.8. The minimum atomic E-state index is -4.45. The van der Waals surface area contributed by atoms with Gasteiger partial charge in [-0.1, -0.05) is 0 Å². The highest BCUT2D eigenvalue weighted by Crippen LogP contribution is 2.29. The van der Waals surface area contributed by atoms with E-state index in [1.165, 1.54) is 18.5 Å². The first-order valence-corrected chi connectivity index (χ1v) is 10.8. The van der Waals surface area contributed by atoms with Crippen LogP contribution in [-0.4, -0.2) is 56.0 Å². The van der Waals surface area contributed by atoms with E-state index in [1.807, 2.05) is 4.57 Å². The molecule has 1 aliphatic heterocycles. The van der Waals surface area contributed by atoms with Crippen molar-refractivity contribution in [1.82, 2.24) is 24.4 Å². The summed E-state index contributed by atoms with van der Waals surface area (Å²) in [7, 11) is 0. The van der Waals surface area contributed by atoms with Gasteiger partial charge in [0.25, 0.3) is 5.91 Å². The number of amides is 1. The normalized spacial score (nSPS) is 15.0. The van der Waals surface area contributed by atoms with Gasteiger partial charge in [0.2, 0.25) is 0 Å². The number of nitrogen functional groups attached to an aromatic ring is 1. The molecule has 4 rings (SSSR count). The Morgan fingerprint density at radius 3 is 2.47 bits per heavy atom. The van der Waals surface area contributed by atoms with E-state index in [-0.39, 0.29) is 30.0 Å². The second-order valence-corrected chi connectivity index (χ2v) is 8.03. The Morgan fingerprint density at radius 1 is 1.09 bits per heavy atom. The second-order valence-electron chi connectivity index (χ2n) is 8.03. The Morgan fingerprint density at radius 2 is 1.79 bits per heavy atom. The molecule has 0 aliphatic carbocycles. The van der Waals surface area contributed by atoms with E-state index in [2.05, 4.69) is 15.0 Å². The maximum Gasteiger partial charge on any atom is 0.416 e. The van der Waals surface area contributed by atoms with Gasteiger partial charge in [-0.25, -0.2) is 15.0 Å². The number of likely N-dealkylation sites (tertiary alicyclic amines) is 1. The van der Waals surface area contributed by atoms with E-state index in [4.69, 9.17) is 10.5 Å². The zero-order valence-corrected chi connectivity index (χ0v) is 18.2. The summed E-state index contributed by atoms with van der Waals surface area (Å²) >= 11 is 0. The van der Waals surface area contributed by atoms with Gasteiger partial charge in [-0.2, -0.15) is 13.2 Å². The Hall–Kier alpha value is -3.70. The van der Waals surface area contributed by atoms with Crippen molar-refractivity contribution in [3.8, 4) is 0 Å². The van der Waals surface area contributed by atoms with Crippen LogP contribution in [0, 0.1) is 5.92 Å². The van der Waals surface area contributed by atoms with E-state index in [1.54, 1.807) is 11.2 Å². The average molecular weight is 476 g/mol. The molecule has 1 saturated heterocycles. The number of fused-ring (bicyclic) bond motifs is 1. The first kappa shape index (κ1) is 23.5. The molecule has 0 bridgehead atoms. The molecule has 1 fully saturated rings. The molecule has 0 unspecified atom stereocenters. The van der Waals surface area contributed by atoms with Crippen LogP contribution >= 0.6 is 0 Å². The molecule has 180 valence electrons. The molecule has 0 atom stereocenters. The minimum absolute atomic E-state index is 0.188. The summed E-state index contributed by atoms with van der Waals surface area (Å²) < 4.78 is 45.3. The fourth-order valence-corrected chi connectivity index (χ4v) is 3.89. The van der Waals surface area contributed by atoms with Crippen LogP contribution in [0.3, 0.4) is 0 Å². The summed E-state index contributed by atoms with van der Waals surface area (Å²) in [6, 6.07) is 4.14. The zero-order chi connectivity index (χ0) is 24.3. The number of piperidine rings is 1. The fourth-order valence-electron chi connectivity index (χ4n) is 3.89. The number of rotatable bonds is 6. The predicted octanol–water partition coefficient (Wildman–Crippen LogP) is 2.91. The number of hydrogen-bond acceptors (Lipinski definition) is 7. The van der Waals surface area contributed by atoms with Gasteiger partial charge in [0.05, 0.1) is 24.4 Å². The molecular weight excluding hydrogens is 453 g/mol. The molecule has 0 saturated carbocycles. The van der Waals surface area contributed by atoms with Gasteiger partial charge in [-0.3, -0.25) is 9.59 Å². The number of carbonyl (C=O) groups excluding carboxylic acids is 2. The maximum absolute atomic E-state index is 12.7. The number of aromatic nitrogens is 4. The Kier molecular flexibility index (Phi) is 6.66. The van der Waals surface area contributed by atoms with Crippen molar-refractivity contribution in [3.05, 3.63) is 48.0 Å². The number of benzene rings is 1. The maximum atomic E-state index is 12.7. The van der Waals surface area contributed by atoms with Crippen molar-refractivity contribution >= 4 is 28.9 Å². The lowest BCUT2D eigenvalue weighted by molar-refractivity contribution is -0.150. The van der Waals surface area contributed by atoms with E-state index in [0.29, 0.717) is 55.9 Å². The summed E-state index contributed by atoms with van der Waals surface area (Å²) in [5, 5.41) is 0. The molecule has 0 spiro atoms. The van der Waals surface area contributed by atoms with Gasteiger partial charge in [-0.05, 0) is 43.5 Å². The number of esters is 1. The molecule has 12 heteroatoms. The molecule has 3 heterocycles. The molecule has 1 amide bonds. The summed E-state index contributed by atoms with van der Waals surface area (Å²) in [6.07, 6.45) is -0.0336. The lowest BCUT2D eigenvalue weighted by Gasteiger charge is -2.31. The van der Waals surface area contributed by atoms with E-state index in [9.17, 15) is 22.8 Å². The zero-order valence-electron chi connectivity index (χ0n) is 18.2. The lowest BCUT2D eigenvalue weighted by atomic mass is 9.96. The first-order chi connectivity index (χ1) is 16.2. The molecule has 0 radical (unpaired) electrons. The number of imidazole rings is 1. The molecule has 1 aromatic carbocycles. The molecule has 2 N–H and O–H groups in total. The van der Waals surface area contributed by atoms with Crippen LogP contribution < -0.4 is 5.73 Å². The van der Waals surface area contributed by atoms with Gasteiger partial charge in [0, 0.05) is 25.2 Å². The van der Waals surface area contributed by atoms with Crippen molar-refractivity contribution in [2.45, 2.75) is 32.0 Å². The van der Waals surface area contributed by atoms with Crippen molar-refractivity contribution in [2.24, 2.45) is 5.92 Å². The van der Waals surface area contributed by atoms with Crippen molar-refractivity contribution in [3.63, 3.8) is 0 Å². The average Bonchev–Trinajstić information content (AvgIpc) is 3.25. The monoisotopic (exact) mass is 476 g/mol. The van der Waals surface area contributed by atoms with Crippen LogP contribution in [0.4, 0.5) is 19.0 Å². The van der Waals surface area contributed by atoms with Crippen molar-refractivity contribution in [2.75, 3.05) is 25.4 Å². The number of ether oxygens (including phenoxy) is 1. The summed E-state index contributed by atoms with van der Waals surface area (Å²) in [5.74, 6) is -0.683. The Bertz CT molecular complexity index is 1170. The second kappa shape index (κ2) is 9.65. The van der Waals surface area contributed by atoms with Crippen molar-refractivity contribution < 1.29 is 27.5 Å². The van der Waals surface area contributed by atoms with Gasteiger partial charge in [0.15, 0.2) is 11.5 Å². The predicted molar refractivity (Wildman–Crippen MR) is 115 cm³/mol. The topological polar surface area (TPSA) is 116 Å². The van der Waals surface area contributed by atoms with Crippen LogP contribution in [-0.2, 0) is 22.3 Å². The number of carbonyl (C=O) groups is 2. The SMILES string of the molecule is Nc1ncnc2c1ncn2CCCOC(=O)C1CCN(C(=O)c2ccc(C(F)(F)F)cc2)CC1. The Balaban J connectivity index is 1.21. The van der Waals surface area contributed by atoms with Gasteiger partial charge in [-0.15, -0.1) is 0 Å². The quantitative estimate of drug-likeness (QED) is 0.430. The largest absolute Gasteiger partial charge is 0.465 e. The highest BCUT2D eigenvalue weighted by molar-refractivity contribution is 5.94. The summed E-state index contributed by atoms with van der Waals surface area (Å²) in [5.41, 5.74) is 6.29. The smallest absolute Gasteiger partial charge is 0.416 e. The minimum Gasteiger partial charge on any atom is -0.465 e.